The molecule has 0 amide bonds. The Morgan fingerprint density at radius 1 is 1.00 bits per heavy atom. The van der Waals surface area contributed by atoms with Crippen LogP contribution in [0.1, 0.15) is 35.9 Å². The smallest absolute Gasteiger partial charge is 0.0341 e. The Morgan fingerprint density at radius 3 is 2.39 bits per heavy atom. The molecule has 0 aromatic carbocycles. The van der Waals surface area contributed by atoms with E-state index in [0.29, 0.717) is 12.0 Å². The monoisotopic (exact) mass is 239 g/mol. The molecule has 0 aliphatic carbocycles. The highest BCUT2D eigenvalue weighted by atomic mass is 14.9. The zero-order valence-electron chi connectivity index (χ0n) is 10.3. The minimum atomic E-state index is 0.414. The van der Waals surface area contributed by atoms with Crippen LogP contribution in [0.25, 0.3) is 0 Å². The maximum atomic E-state index is 4.22. The molecule has 1 fully saturated rings. The van der Waals surface area contributed by atoms with Crippen molar-refractivity contribution in [3.05, 3.63) is 60.2 Å². The lowest BCUT2D eigenvalue weighted by Gasteiger charge is -2.30. The van der Waals surface area contributed by atoms with Crippen molar-refractivity contribution in [1.29, 1.82) is 0 Å². The number of pyridine rings is 2. The van der Waals surface area contributed by atoms with Gasteiger partial charge >= 0.3 is 0 Å². The molecule has 3 heteroatoms. The molecule has 3 heterocycles. The topological polar surface area (TPSA) is 37.8 Å². The number of nitrogens with zero attached hydrogens (tertiary/aromatic N) is 2. The normalized spacial score (nSPS) is 23.8. The number of nitrogens with one attached hydrogen (secondary N) is 1. The van der Waals surface area contributed by atoms with Gasteiger partial charge in [-0.3, -0.25) is 9.97 Å². The van der Waals surface area contributed by atoms with Crippen LogP contribution in [0.3, 0.4) is 0 Å². The zero-order chi connectivity index (χ0) is 12.2. The third-order valence-electron chi connectivity index (χ3n) is 3.65. The molecule has 0 unspecified atom stereocenters. The second kappa shape index (κ2) is 5.27. The van der Waals surface area contributed by atoms with E-state index < -0.39 is 0 Å². The van der Waals surface area contributed by atoms with Gasteiger partial charge in [-0.15, -0.1) is 0 Å². The second-order valence-corrected chi connectivity index (χ2v) is 4.80. The highest BCUT2D eigenvalue weighted by Gasteiger charge is 2.23. The van der Waals surface area contributed by atoms with E-state index >= 15 is 0 Å². The van der Waals surface area contributed by atoms with Crippen molar-refractivity contribution in [3.8, 4) is 0 Å². The predicted molar refractivity (Wildman–Crippen MR) is 71.2 cm³/mol. The van der Waals surface area contributed by atoms with Crippen LogP contribution in [-0.2, 0) is 0 Å². The summed E-state index contributed by atoms with van der Waals surface area (Å²) in [6.07, 6.45) is 9.92. The Morgan fingerprint density at radius 2 is 1.72 bits per heavy atom. The Balaban J connectivity index is 1.77. The summed E-state index contributed by atoms with van der Waals surface area (Å²) >= 11 is 0. The summed E-state index contributed by atoms with van der Waals surface area (Å²) in [6, 6.07) is 8.78. The van der Waals surface area contributed by atoms with Crippen LogP contribution in [0.5, 0.6) is 0 Å². The summed E-state index contributed by atoms with van der Waals surface area (Å²) in [5.41, 5.74) is 2.64. The lowest BCUT2D eigenvalue weighted by atomic mass is 9.85. The largest absolute Gasteiger partial charge is 0.310 e. The average Bonchev–Trinajstić information content (AvgIpc) is 2.49. The van der Waals surface area contributed by atoms with Crippen molar-refractivity contribution >= 4 is 0 Å². The van der Waals surface area contributed by atoms with Gasteiger partial charge < -0.3 is 5.32 Å². The first-order valence-electron chi connectivity index (χ1n) is 6.47. The van der Waals surface area contributed by atoms with Gasteiger partial charge in [0.15, 0.2) is 0 Å². The summed E-state index contributed by atoms with van der Waals surface area (Å²) < 4.78 is 0. The molecular weight excluding hydrogens is 222 g/mol. The van der Waals surface area contributed by atoms with Crippen LogP contribution in [0, 0.1) is 0 Å². The molecule has 0 radical (unpaired) electrons. The van der Waals surface area contributed by atoms with E-state index in [0.717, 1.165) is 13.0 Å². The quantitative estimate of drug-likeness (QED) is 0.875. The maximum Gasteiger partial charge on any atom is 0.0341 e. The Labute approximate surface area is 107 Å². The zero-order valence-corrected chi connectivity index (χ0v) is 10.3. The van der Waals surface area contributed by atoms with E-state index in [4.69, 9.17) is 0 Å². The molecule has 0 bridgehead atoms. The first-order chi connectivity index (χ1) is 8.93. The van der Waals surface area contributed by atoms with Crippen LogP contribution < -0.4 is 5.32 Å². The molecule has 3 rings (SSSR count). The molecular formula is C15H17N3. The molecule has 1 N–H and O–H groups in total. The van der Waals surface area contributed by atoms with Crippen molar-refractivity contribution in [2.24, 2.45) is 0 Å². The van der Waals surface area contributed by atoms with Gasteiger partial charge in [-0.25, -0.2) is 0 Å². The highest BCUT2D eigenvalue weighted by Crippen LogP contribution is 2.33. The summed E-state index contributed by atoms with van der Waals surface area (Å²) in [7, 11) is 0. The standard InChI is InChI=1S/C15H17N3/c1-3-13(10-16-6-1)12-5-8-18-15(9-12)14-4-2-7-17-11-14/h1-4,6-7,10-12,15,18H,5,8-9H2/t12-,15+/m1/s1. The van der Waals surface area contributed by atoms with E-state index in [-0.39, 0.29) is 0 Å². The van der Waals surface area contributed by atoms with Crippen LogP contribution in [-0.4, -0.2) is 16.5 Å². The molecule has 0 saturated carbocycles. The minimum absolute atomic E-state index is 0.414. The Hall–Kier alpha value is -1.74. The molecule has 1 saturated heterocycles. The first kappa shape index (κ1) is 11.4. The van der Waals surface area contributed by atoms with Gasteiger partial charge in [0.05, 0.1) is 0 Å². The summed E-state index contributed by atoms with van der Waals surface area (Å²) in [5.74, 6) is 0.602. The van der Waals surface area contributed by atoms with E-state index in [1.165, 1.54) is 17.5 Å². The van der Waals surface area contributed by atoms with Crippen molar-refractivity contribution < 1.29 is 0 Å². The highest BCUT2D eigenvalue weighted by molar-refractivity contribution is 5.20. The summed E-state index contributed by atoms with van der Waals surface area (Å²) in [5, 5.41) is 3.57. The van der Waals surface area contributed by atoms with Crippen LogP contribution in [0.15, 0.2) is 49.1 Å². The van der Waals surface area contributed by atoms with Crippen molar-refractivity contribution in [1.82, 2.24) is 15.3 Å². The third-order valence-corrected chi connectivity index (χ3v) is 3.65. The van der Waals surface area contributed by atoms with Crippen molar-refractivity contribution in [3.63, 3.8) is 0 Å². The maximum absolute atomic E-state index is 4.22. The first-order valence-corrected chi connectivity index (χ1v) is 6.47. The fraction of sp³-hybridized carbons (Fsp3) is 0.333. The van der Waals surface area contributed by atoms with Crippen molar-refractivity contribution in [2.75, 3.05) is 6.54 Å². The third kappa shape index (κ3) is 2.41. The fourth-order valence-electron chi connectivity index (χ4n) is 2.67. The Bertz CT molecular complexity index is 438. The lowest BCUT2D eigenvalue weighted by molar-refractivity contribution is 0.369. The molecule has 2 aromatic rings. The van der Waals surface area contributed by atoms with Crippen LogP contribution >= 0.6 is 0 Å². The SMILES string of the molecule is c1cncc([C@@H]2CCN[C@H](c3cccnc3)C2)c1. The Kier molecular flexibility index (Phi) is 3.33. The number of aromatic nitrogens is 2. The van der Waals surface area contributed by atoms with Gasteiger partial charge in [0.25, 0.3) is 0 Å². The predicted octanol–water partition coefficient (Wildman–Crippen LogP) is 2.68. The molecule has 2 aromatic heterocycles. The molecule has 1 aliphatic heterocycles. The van der Waals surface area contributed by atoms with Crippen LogP contribution in [0.4, 0.5) is 0 Å². The van der Waals surface area contributed by atoms with Gasteiger partial charge in [0, 0.05) is 30.8 Å². The second-order valence-electron chi connectivity index (χ2n) is 4.80. The van der Waals surface area contributed by atoms with E-state index in [1.807, 2.05) is 36.9 Å². The molecule has 18 heavy (non-hydrogen) atoms. The van der Waals surface area contributed by atoms with E-state index in [9.17, 15) is 0 Å². The molecule has 92 valence electrons. The van der Waals surface area contributed by atoms with Gasteiger partial charge in [0.2, 0.25) is 0 Å². The van der Waals surface area contributed by atoms with Crippen LogP contribution in [0.2, 0.25) is 0 Å². The fourth-order valence-corrected chi connectivity index (χ4v) is 2.67. The average molecular weight is 239 g/mol. The minimum Gasteiger partial charge on any atom is -0.310 e. The van der Waals surface area contributed by atoms with Crippen molar-refractivity contribution in [2.45, 2.75) is 24.8 Å². The number of hydrogen-bond acceptors (Lipinski definition) is 3. The molecule has 2 atom stereocenters. The van der Waals surface area contributed by atoms with Gasteiger partial charge in [-0.05, 0) is 48.6 Å². The van der Waals surface area contributed by atoms with Gasteiger partial charge in [-0.2, -0.15) is 0 Å². The lowest BCUT2D eigenvalue weighted by Crippen LogP contribution is -2.31. The number of rotatable bonds is 2. The van der Waals surface area contributed by atoms with E-state index in [1.54, 1.807) is 0 Å². The van der Waals surface area contributed by atoms with Gasteiger partial charge in [-0.1, -0.05) is 12.1 Å². The number of piperidine rings is 1. The summed E-state index contributed by atoms with van der Waals surface area (Å²) in [4.78, 5) is 8.43. The molecule has 0 spiro atoms. The molecule has 3 nitrogen and oxygen atoms in total. The van der Waals surface area contributed by atoms with Gasteiger partial charge in [0.1, 0.15) is 0 Å². The summed E-state index contributed by atoms with van der Waals surface area (Å²) in [6.45, 7) is 1.05. The molecule has 1 aliphatic rings. The number of hydrogen-bond donors (Lipinski definition) is 1. The van der Waals surface area contributed by atoms with E-state index in [2.05, 4.69) is 27.4 Å².